The molecule has 0 aliphatic carbocycles. The number of nitrogens with zero attached hydrogens (tertiary/aromatic N) is 1. The van der Waals surface area contributed by atoms with Crippen molar-refractivity contribution < 1.29 is 13.9 Å². The van der Waals surface area contributed by atoms with Gasteiger partial charge in [-0.25, -0.2) is 14.2 Å². The van der Waals surface area contributed by atoms with E-state index in [1.807, 2.05) is 0 Å². The van der Waals surface area contributed by atoms with Crippen LogP contribution in [0.25, 0.3) is 0 Å². The van der Waals surface area contributed by atoms with Crippen LogP contribution in [0.15, 0.2) is 23.2 Å². The molecule has 0 saturated carbocycles. The molecule has 0 bridgehead atoms. The fourth-order valence-corrected chi connectivity index (χ4v) is 1.10. The average Bonchev–Trinajstić information content (AvgIpc) is 2.18. The Bertz CT molecular complexity index is 359. The minimum absolute atomic E-state index is 0.215. The van der Waals surface area contributed by atoms with Crippen molar-refractivity contribution in [2.75, 3.05) is 13.7 Å². The number of hydrogen-bond donors (Lipinski definition) is 0. The number of rotatable bonds is 4. The van der Waals surface area contributed by atoms with E-state index in [2.05, 4.69) is 4.99 Å². The van der Waals surface area contributed by atoms with Crippen LogP contribution in [0.3, 0.4) is 0 Å². The van der Waals surface area contributed by atoms with E-state index in [1.165, 1.54) is 19.3 Å². The Balaban J connectivity index is 2.70. The van der Waals surface area contributed by atoms with Crippen LogP contribution >= 0.6 is 0 Å². The zero-order valence-electron chi connectivity index (χ0n) is 7.79. The van der Waals surface area contributed by atoms with Crippen LogP contribution in [0.5, 0.6) is 5.75 Å². The summed E-state index contributed by atoms with van der Waals surface area (Å²) in [5.74, 6) is -0.187. The fourth-order valence-electron chi connectivity index (χ4n) is 1.10. The van der Waals surface area contributed by atoms with Crippen molar-refractivity contribution in [3.05, 3.63) is 29.6 Å². The van der Waals surface area contributed by atoms with Crippen LogP contribution in [0.2, 0.25) is 0 Å². The van der Waals surface area contributed by atoms with Gasteiger partial charge in [-0.05, 0) is 24.1 Å². The molecule has 0 aliphatic heterocycles. The summed E-state index contributed by atoms with van der Waals surface area (Å²) in [6.45, 7) is 0.329. The third-order valence-electron chi connectivity index (χ3n) is 1.79. The highest BCUT2D eigenvalue weighted by molar-refractivity contribution is 5.33. The standard InChI is InChI=1S/C10H10FNO2/c1-14-10-3-2-8(6-9(10)11)4-5-12-7-13/h2-3,6H,4-5H2,1H3. The van der Waals surface area contributed by atoms with Crippen LogP contribution < -0.4 is 4.74 Å². The summed E-state index contributed by atoms with van der Waals surface area (Å²) in [5.41, 5.74) is 0.780. The van der Waals surface area contributed by atoms with Gasteiger partial charge in [0, 0.05) is 0 Å². The van der Waals surface area contributed by atoms with Crippen molar-refractivity contribution in [2.45, 2.75) is 6.42 Å². The summed E-state index contributed by atoms with van der Waals surface area (Å²) >= 11 is 0. The van der Waals surface area contributed by atoms with Gasteiger partial charge in [0.25, 0.3) is 0 Å². The largest absolute Gasteiger partial charge is 0.494 e. The lowest BCUT2D eigenvalue weighted by atomic mass is 10.1. The topological polar surface area (TPSA) is 38.7 Å². The molecule has 0 amide bonds. The van der Waals surface area contributed by atoms with Crippen molar-refractivity contribution in [3.63, 3.8) is 0 Å². The Morgan fingerprint density at radius 2 is 2.36 bits per heavy atom. The van der Waals surface area contributed by atoms with Crippen molar-refractivity contribution in [1.29, 1.82) is 0 Å². The first-order chi connectivity index (χ1) is 6.77. The van der Waals surface area contributed by atoms with Gasteiger partial charge in [0.15, 0.2) is 11.6 Å². The molecule has 0 radical (unpaired) electrons. The maximum atomic E-state index is 13.1. The predicted octanol–water partition coefficient (Wildman–Crippen LogP) is 1.71. The third-order valence-corrected chi connectivity index (χ3v) is 1.79. The molecule has 1 rings (SSSR count). The van der Waals surface area contributed by atoms with Gasteiger partial charge in [0.1, 0.15) is 0 Å². The van der Waals surface area contributed by atoms with Gasteiger partial charge in [0.05, 0.1) is 13.7 Å². The van der Waals surface area contributed by atoms with Crippen LogP contribution in [0.4, 0.5) is 4.39 Å². The van der Waals surface area contributed by atoms with E-state index in [1.54, 1.807) is 12.1 Å². The Morgan fingerprint density at radius 1 is 1.57 bits per heavy atom. The number of hydrogen-bond acceptors (Lipinski definition) is 3. The molecular weight excluding hydrogens is 185 g/mol. The summed E-state index contributed by atoms with van der Waals surface area (Å²) in [6, 6.07) is 4.66. The molecule has 0 saturated heterocycles. The van der Waals surface area contributed by atoms with Gasteiger partial charge in [-0.1, -0.05) is 6.07 Å². The first-order valence-electron chi connectivity index (χ1n) is 4.14. The predicted molar refractivity (Wildman–Crippen MR) is 49.6 cm³/mol. The minimum atomic E-state index is -0.403. The second-order valence-electron chi connectivity index (χ2n) is 2.69. The van der Waals surface area contributed by atoms with Crippen molar-refractivity contribution in [1.82, 2.24) is 0 Å². The highest BCUT2D eigenvalue weighted by atomic mass is 19.1. The molecule has 0 unspecified atom stereocenters. The van der Waals surface area contributed by atoms with E-state index < -0.39 is 5.82 Å². The second-order valence-corrected chi connectivity index (χ2v) is 2.69. The van der Waals surface area contributed by atoms with E-state index in [9.17, 15) is 9.18 Å². The molecule has 0 atom stereocenters. The van der Waals surface area contributed by atoms with Crippen LogP contribution in [0, 0.1) is 5.82 Å². The molecule has 0 fully saturated rings. The van der Waals surface area contributed by atoms with Gasteiger partial charge in [-0.3, -0.25) is 0 Å². The number of methoxy groups -OCH3 is 1. The average molecular weight is 195 g/mol. The minimum Gasteiger partial charge on any atom is -0.494 e. The van der Waals surface area contributed by atoms with Crippen LogP contribution in [0.1, 0.15) is 5.56 Å². The van der Waals surface area contributed by atoms with E-state index in [4.69, 9.17) is 4.74 Å². The lowest BCUT2D eigenvalue weighted by molar-refractivity contribution is 0.386. The molecule has 1 aromatic carbocycles. The van der Waals surface area contributed by atoms with Gasteiger partial charge >= 0.3 is 0 Å². The third kappa shape index (κ3) is 2.68. The fraction of sp³-hybridized carbons (Fsp3) is 0.300. The quantitative estimate of drug-likeness (QED) is 0.542. The molecule has 0 heterocycles. The highest BCUT2D eigenvalue weighted by Gasteiger charge is 2.02. The normalized spacial score (nSPS) is 9.29. The molecule has 0 aliphatic rings. The summed E-state index contributed by atoms with van der Waals surface area (Å²) in [4.78, 5) is 13.2. The zero-order chi connectivity index (χ0) is 10.4. The highest BCUT2D eigenvalue weighted by Crippen LogP contribution is 2.17. The molecule has 14 heavy (non-hydrogen) atoms. The number of halogens is 1. The number of carbonyl (C=O) groups excluding carboxylic acids is 1. The Hall–Kier alpha value is -1.67. The second kappa shape index (κ2) is 5.14. The summed E-state index contributed by atoms with van der Waals surface area (Å²) in [5, 5.41) is 0. The SMILES string of the molecule is COc1ccc(CCN=C=O)cc1F. The van der Waals surface area contributed by atoms with Crippen LogP contribution in [-0.2, 0) is 11.2 Å². The van der Waals surface area contributed by atoms with Gasteiger partial charge in [0.2, 0.25) is 6.08 Å². The van der Waals surface area contributed by atoms with E-state index in [-0.39, 0.29) is 5.75 Å². The smallest absolute Gasteiger partial charge is 0.234 e. The van der Waals surface area contributed by atoms with Crippen LogP contribution in [-0.4, -0.2) is 19.7 Å². The Kier molecular flexibility index (Phi) is 3.83. The number of benzene rings is 1. The van der Waals surface area contributed by atoms with E-state index in [0.717, 1.165) is 5.56 Å². The molecule has 0 spiro atoms. The lowest BCUT2D eigenvalue weighted by Gasteiger charge is -2.03. The Morgan fingerprint density at radius 3 is 2.93 bits per heavy atom. The van der Waals surface area contributed by atoms with Crippen molar-refractivity contribution >= 4 is 6.08 Å². The Labute approximate surface area is 81.2 Å². The molecule has 4 heteroatoms. The summed E-state index contributed by atoms with van der Waals surface area (Å²) < 4.78 is 17.9. The molecule has 0 aromatic heterocycles. The molecular formula is C10H10FNO2. The first-order valence-corrected chi connectivity index (χ1v) is 4.14. The van der Waals surface area contributed by atoms with Gasteiger partial charge < -0.3 is 4.74 Å². The maximum Gasteiger partial charge on any atom is 0.234 e. The first kappa shape index (κ1) is 10.4. The number of aliphatic imine (C=N–C) groups is 1. The number of ether oxygens (including phenoxy) is 1. The maximum absolute atomic E-state index is 13.1. The monoisotopic (exact) mass is 195 g/mol. The van der Waals surface area contributed by atoms with E-state index in [0.29, 0.717) is 13.0 Å². The molecule has 1 aromatic rings. The zero-order valence-corrected chi connectivity index (χ0v) is 7.79. The summed E-state index contributed by atoms with van der Waals surface area (Å²) in [7, 11) is 1.41. The molecule has 0 N–H and O–H groups in total. The lowest BCUT2D eigenvalue weighted by Crippen LogP contribution is -1.93. The molecule has 3 nitrogen and oxygen atoms in total. The van der Waals surface area contributed by atoms with E-state index >= 15 is 0 Å². The van der Waals surface area contributed by atoms with Gasteiger partial charge in [-0.15, -0.1) is 0 Å². The molecule has 74 valence electrons. The van der Waals surface area contributed by atoms with Crippen molar-refractivity contribution in [2.24, 2.45) is 4.99 Å². The van der Waals surface area contributed by atoms with Gasteiger partial charge in [-0.2, -0.15) is 0 Å². The van der Waals surface area contributed by atoms with Crippen molar-refractivity contribution in [3.8, 4) is 5.75 Å². The number of isocyanates is 1. The summed E-state index contributed by atoms with van der Waals surface area (Å²) in [6.07, 6.45) is 1.96.